The van der Waals surface area contributed by atoms with Crippen molar-refractivity contribution in [1.29, 1.82) is 0 Å². The normalized spacial score (nSPS) is 22.1. The molecule has 3 aromatic rings. The molecule has 5 rings (SSSR count). The quantitative estimate of drug-likeness (QED) is 0.483. The number of fused-ring (bicyclic) bond motifs is 3. The Bertz CT molecular complexity index is 1200. The van der Waals surface area contributed by atoms with E-state index in [2.05, 4.69) is 10.2 Å². The lowest BCUT2D eigenvalue weighted by Crippen LogP contribution is -2.36. The minimum Gasteiger partial charge on any atom is -0.490 e. The lowest BCUT2D eigenvalue weighted by atomic mass is 9.79. The number of ether oxygens (including phenoxy) is 2. The molecule has 2 heterocycles. The van der Waals surface area contributed by atoms with Gasteiger partial charge < -0.3 is 9.47 Å². The second-order valence-corrected chi connectivity index (χ2v) is 10.4. The summed E-state index contributed by atoms with van der Waals surface area (Å²) in [5, 5.41) is 8.22. The van der Waals surface area contributed by atoms with Crippen molar-refractivity contribution < 1.29 is 18.7 Å². The van der Waals surface area contributed by atoms with Crippen molar-refractivity contribution in [2.45, 2.75) is 76.9 Å². The molecule has 0 spiro atoms. The predicted octanol–water partition coefficient (Wildman–Crippen LogP) is 5.70. The monoisotopic (exact) mass is 478 g/mol. The van der Waals surface area contributed by atoms with Gasteiger partial charge in [-0.1, -0.05) is 24.3 Å². The van der Waals surface area contributed by atoms with Crippen molar-refractivity contribution in [3.8, 4) is 11.4 Å². The van der Waals surface area contributed by atoms with Gasteiger partial charge in [0.05, 0.1) is 24.9 Å². The number of hydrogen-bond donors (Lipinski definition) is 0. The second-order valence-electron chi connectivity index (χ2n) is 10.4. The molecule has 0 radical (unpaired) electrons. The van der Waals surface area contributed by atoms with Crippen LogP contribution in [0.1, 0.15) is 63.4 Å². The van der Waals surface area contributed by atoms with E-state index in [1.165, 1.54) is 0 Å². The molecular weight excluding hydrogens is 447 g/mol. The number of halogens is 1. The molecule has 1 aliphatic heterocycles. The van der Waals surface area contributed by atoms with Crippen LogP contribution in [0, 0.1) is 0 Å². The first-order chi connectivity index (χ1) is 16.7. The van der Waals surface area contributed by atoms with Crippen LogP contribution in [0.4, 0.5) is 9.18 Å². The number of hydrogen-bond acceptors (Lipinski definition) is 5. The minimum absolute atomic E-state index is 0.00402. The van der Waals surface area contributed by atoms with E-state index in [0.29, 0.717) is 43.6 Å². The Hall–Kier alpha value is -3.42. The van der Waals surface area contributed by atoms with E-state index in [1.807, 2.05) is 73.9 Å². The molecule has 35 heavy (non-hydrogen) atoms. The summed E-state index contributed by atoms with van der Waals surface area (Å²) in [5.74, 6) is 1.46. The maximum Gasteiger partial charge on any atom is 0.411 e. The largest absolute Gasteiger partial charge is 0.490 e. The Morgan fingerprint density at radius 1 is 1.09 bits per heavy atom. The second kappa shape index (κ2) is 8.98. The molecule has 1 aliphatic carbocycles. The first-order valence-electron chi connectivity index (χ1n) is 12.1. The first kappa shape index (κ1) is 23.3. The number of aromatic nitrogens is 3. The highest BCUT2D eigenvalue weighted by Crippen LogP contribution is 2.43. The van der Waals surface area contributed by atoms with Crippen LogP contribution in [0.15, 0.2) is 54.9 Å². The Morgan fingerprint density at radius 2 is 1.83 bits per heavy atom. The molecule has 0 unspecified atom stereocenters. The van der Waals surface area contributed by atoms with Crippen LogP contribution in [-0.2, 0) is 23.5 Å². The molecule has 0 saturated heterocycles. The fourth-order valence-electron chi connectivity index (χ4n) is 4.83. The SMILES string of the molecule is CC(C)(C)OC(=O)N1Cc2cc(C3(F)CCC(Oc4ccccc4)CC3)ccc2-n2cnnc2C1. The van der Waals surface area contributed by atoms with Gasteiger partial charge in [0.2, 0.25) is 0 Å². The summed E-state index contributed by atoms with van der Waals surface area (Å²) >= 11 is 0. The van der Waals surface area contributed by atoms with E-state index in [1.54, 1.807) is 11.2 Å². The van der Waals surface area contributed by atoms with Crippen molar-refractivity contribution in [2.75, 3.05) is 0 Å². The van der Waals surface area contributed by atoms with E-state index < -0.39 is 17.4 Å². The number of nitrogens with zero attached hydrogens (tertiary/aromatic N) is 4. The van der Waals surface area contributed by atoms with Crippen LogP contribution >= 0.6 is 0 Å². The molecule has 1 fully saturated rings. The molecule has 1 aromatic heterocycles. The van der Waals surface area contributed by atoms with Crippen molar-refractivity contribution in [1.82, 2.24) is 19.7 Å². The first-order valence-corrected chi connectivity index (χ1v) is 12.1. The molecule has 8 heteroatoms. The number of para-hydroxylation sites is 1. The Balaban J connectivity index is 1.37. The summed E-state index contributed by atoms with van der Waals surface area (Å²) < 4.78 is 29.7. The van der Waals surface area contributed by atoms with E-state index in [-0.39, 0.29) is 12.6 Å². The third kappa shape index (κ3) is 5.01. The van der Waals surface area contributed by atoms with Crippen LogP contribution in [0.25, 0.3) is 5.69 Å². The summed E-state index contributed by atoms with van der Waals surface area (Å²) in [4.78, 5) is 14.5. The van der Waals surface area contributed by atoms with E-state index in [4.69, 9.17) is 9.47 Å². The Labute approximate surface area is 204 Å². The van der Waals surface area contributed by atoms with Gasteiger partial charge in [0.25, 0.3) is 0 Å². The van der Waals surface area contributed by atoms with Gasteiger partial charge in [-0.3, -0.25) is 9.47 Å². The lowest BCUT2D eigenvalue weighted by molar-refractivity contribution is 0.0214. The van der Waals surface area contributed by atoms with E-state index >= 15 is 4.39 Å². The zero-order chi connectivity index (χ0) is 24.6. The predicted molar refractivity (Wildman–Crippen MR) is 129 cm³/mol. The molecule has 0 bridgehead atoms. The summed E-state index contributed by atoms with van der Waals surface area (Å²) in [7, 11) is 0. The van der Waals surface area contributed by atoms with Crippen LogP contribution < -0.4 is 4.74 Å². The molecule has 2 aromatic carbocycles. The van der Waals surface area contributed by atoms with Gasteiger partial charge >= 0.3 is 6.09 Å². The van der Waals surface area contributed by atoms with Crippen LogP contribution in [0.5, 0.6) is 5.75 Å². The van der Waals surface area contributed by atoms with Gasteiger partial charge in [-0.05, 0) is 81.8 Å². The van der Waals surface area contributed by atoms with Gasteiger partial charge in [-0.2, -0.15) is 0 Å². The smallest absolute Gasteiger partial charge is 0.411 e. The van der Waals surface area contributed by atoms with Crippen LogP contribution in [0.3, 0.4) is 0 Å². The summed E-state index contributed by atoms with van der Waals surface area (Å²) in [6, 6.07) is 15.3. The van der Waals surface area contributed by atoms with Crippen LogP contribution in [0.2, 0.25) is 0 Å². The Kier molecular flexibility index (Phi) is 5.99. The van der Waals surface area contributed by atoms with Gasteiger partial charge in [0.1, 0.15) is 23.3 Å². The highest BCUT2D eigenvalue weighted by Gasteiger charge is 2.38. The molecule has 184 valence electrons. The topological polar surface area (TPSA) is 69.5 Å². The number of alkyl halides is 1. The molecule has 7 nitrogen and oxygen atoms in total. The van der Waals surface area contributed by atoms with Gasteiger partial charge in [-0.25, -0.2) is 9.18 Å². The Morgan fingerprint density at radius 3 is 2.54 bits per heavy atom. The van der Waals surface area contributed by atoms with Crippen molar-refractivity contribution in [3.63, 3.8) is 0 Å². The lowest BCUT2D eigenvalue weighted by Gasteiger charge is -2.35. The minimum atomic E-state index is -1.44. The van der Waals surface area contributed by atoms with Crippen molar-refractivity contribution >= 4 is 6.09 Å². The fraction of sp³-hybridized carbons (Fsp3) is 0.444. The third-order valence-electron chi connectivity index (χ3n) is 6.59. The van der Waals surface area contributed by atoms with Crippen molar-refractivity contribution in [3.05, 3.63) is 71.8 Å². The molecule has 2 aliphatic rings. The van der Waals surface area contributed by atoms with Gasteiger partial charge in [0, 0.05) is 0 Å². The van der Waals surface area contributed by atoms with Gasteiger partial charge in [0.15, 0.2) is 5.82 Å². The number of rotatable bonds is 3. The average molecular weight is 479 g/mol. The highest BCUT2D eigenvalue weighted by atomic mass is 19.1. The summed E-state index contributed by atoms with van der Waals surface area (Å²) in [6.45, 7) is 6.07. The maximum atomic E-state index is 16.2. The summed E-state index contributed by atoms with van der Waals surface area (Å²) in [6.07, 6.45) is 3.25. The zero-order valence-corrected chi connectivity index (χ0v) is 20.4. The molecular formula is C27H31FN4O3. The molecule has 1 amide bonds. The molecule has 0 N–H and O–H groups in total. The fourth-order valence-corrected chi connectivity index (χ4v) is 4.83. The number of benzene rings is 2. The van der Waals surface area contributed by atoms with Gasteiger partial charge in [-0.15, -0.1) is 10.2 Å². The molecule has 0 atom stereocenters. The third-order valence-corrected chi connectivity index (χ3v) is 6.59. The summed E-state index contributed by atoms with van der Waals surface area (Å²) in [5.41, 5.74) is 0.265. The number of carbonyl (C=O) groups excluding carboxylic acids is 1. The van der Waals surface area contributed by atoms with Crippen LogP contribution in [-0.4, -0.2) is 37.5 Å². The standard InChI is InChI=1S/C27H31FN4O3/c1-26(2,3)35-25(33)31-16-19-15-20(9-10-23(19)32-18-29-30-24(32)17-31)27(28)13-11-22(12-14-27)34-21-7-5-4-6-8-21/h4-10,15,18,22H,11-14,16-17H2,1-3H3. The average Bonchev–Trinajstić information content (AvgIpc) is 3.21. The molecule has 1 saturated carbocycles. The highest BCUT2D eigenvalue weighted by molar-refractivity contribution is 5.69. The van der Waals surface area contributed by atoms with E-state index in [0.717, 1.165) is 17.0 Å². The zero-order valence-electron chi connectivity index (χ0n) is 20.4. The van der Waals surface area contributed by atoms with E-state index in [9.17, 15) is 4.79 Å². The number of carbonyl (C=O) groups is 1. The van der Waals surface area contributed by atoms with Crippen molar-refractivity contribution in [2.24, 2.45) is 0 Å². The maximum absolute atomic E-state index is 16.2. The number of amides is 1.